The van der Waals surface area contributed by atoms with E-state index >= 15 is 0 Å². The maximum atomic E-state index is 13.4. The van der Waals surface area contributed by atoms with E-state index < -0.39 is 23.7 Å². The van der Waals surface area contributed by atoms with Gasteiger partial charge in [0, 0.05) is 11.1 Å². The number of alkyl halides is 3. The molecule has 0 radical (unpaired) electrons. The highest BCUT2D eigenvalue weighted by molar-refractivity contribution is 6.10. The van der Waals surface area contributed by atoms with Crippen molar-refractivity contribution in [1.82, 2.24) is 0 Å². The quantitative estimate of drug-likeness (QED) is 0.633. The van der Waals surface area contributed by atoms with E-state index in [1.54, 1.807) is 6.07 Å². The molecule has 3 nitrogen and oxygen atoms in total. The molecule has 0 fully saturated rings. The number of para-hydroxylation sites is 1. The van der Waals surface area contributed by atoms with Gasteiger partial charge in [0.1, 0.15) is 0 Å². The van der Waals surface area contributed by atoms with Crippen LogP contribution in [0.15, 0.2) is 54.6 Å². The summed E-state index contributed by atoms with van der Waals surface area (Å²) >= 11 is 0. The molecule has 0 aromatic heterocycles. The SMILES string of the molecule is CC(=O)c1ccccc1N(C(=O)c1ccccc1)C(F)(F)F. The van der Waals surface area contributed by atoms with E-state index in [2.05, 4.69) is 0 Å². The van der Waals surface area contributed by atoms with Crippen molar-refractivity contribution in [2.45, 2.75) is 13.2 Å². The van der Waals surface area contributed by atoms with Crippen molar-refractivity contribution >= 4 is 17.4 Å². The minimum atomic E-state index is -4.95. The van der Waals surface area contributed by atoms with Crippen LogP contribution in [-0.4, -0.2) is 18.0 Å². The summed E-state index contributed by atoms with van der Waals surface area (Å²) in [5.74, 6) is -1.78. The Hall–Kier alpha value is -2.63. The zero-order valence-corrected chi connectivity index (χ0v) is 11.6. The highest BCUT2D eigenvalue weighted by Crippen LogP contribution is 2.33. The summed E-state index contributed by atoms with van der Waals surface area (Å²) in [6.45, 7) is 1.15. The Morgan fingerprint density at radius 3 is 2.00 bits per heavy atom. The fourth-order valence-corrected chi connectivity index (χ4v) is 2.04. The highest BCUT2D eigenvalue weighted by atomic mass is 19.4. The van der Waals surface area contributed by atoms with Gasteiger partial charge in [-0.25, -0.2) is 4.90 Å². The number of hydrogen-bond donors (Lipinski definition) is 0. The van der Waals surface area contributed by atoms with E-state index in [1.165, 1.54) is 42.5 Å². The summed E-state index contributed by atoms with van der Waals surface area (Å²) in [4.78, 5) is 23.5. The predicted octanol–water partition coefficient (Wildman–Crippen LogP) is 4.06. The van der Waals surface area contributed by atoms with E-state index in [0.29, 0.717) is 0 Å². The van der Waals surface area contributed by atoms with Gasteiger partial charge in [-0.2, -0.15) is 0 Å². The molecule has 2 aromatic carbocycles. The molecule has 0 saturated heterocycles. The first kappa shape index (κ1) is 15.8. The number of ketones is 1. The fraction of sp³-hybridized carbons (Fsp3) is 0.125. The zero-order valence-electron chi connectivity index (χ0n) is 11.6. The molecule has 1 amide bonds. The number of Topliss-reactive ketones (excluding diaryl/α,β-unsaturated/α-hetero) is 1. The Kier molecular flexibility index (Phi) is 4.30. The van der Waals surface area contributed by atoms with E-state index in [0.717, 1.165) is 13.0 Å². The normalized spacial score (nSPS) is 11.1. The van der Waals surface area contributed by atoms with E-state index in [4.69, 9.17) is 0 Å². The van der Waals surface area contributed by atoms with Crippen LogP contribution < -0.4 is 4.90 Å². The number of carbonyl (C=O) groups is 2. The number of amides is 1. The smallest absolute Gasteiger partial charge is 0.294 e. The number of rotatable bonds is 3. The molecule has 0 unspecified atom stereocenters. The summed E-state index contributed by atoms with van der Waals surface area (Å²) in [5, 5.41) is 0. The Balaban J connectivity index is 2.58. The molecule has 2 aromatic rings. The van der Waals surface area contributed by atoms with E-state index in [1.807, 2.05) is 0 Å². The van der Waals surface area contributed by atoms with Gasteiger partial charge in [0.15, 0.2) is 5.78 Å². The van der Waals surface area contributed by atoms with Crippen LogP contribution in [0.25, 0.3) is 0 Å². The van der Waals surface area contributed by atoms with Gasteiger partial charge in [-0.05, 0) is 31.2 Å². The number of carbonyl (C=O) groups excluding carboxylic acids is 2. The molecule has 0 aliphatic heterocycles. The maximum absolute atomic E-state index is 13.4. The third kappa shape index (κ3) is 3.16. The summed E-state index contributed by atoms with van der Waals surface area (Å²) in [6, 6.07) is 12.3. The minimum Gasteiger partial charge on any atom is -0.294 e. The largest absolute Gasteiger partial charge is 0.491 e. The zero-order chi connectivity index (χ0) is 16.3. The molecule has 0 saturated carbocycles. The third-order valence-corrected chi connectivity index (χ3v) is 3.00. The molecule has 0 aliphatic rings. The Labute approximate surface area is 125 Å². The van der Waals surface area contributed by atoms with Crippen LogP contribution in [0.1, 0.15) is 27.6 Å². The van der Waals surface area contributed by atoms with Crippen LogP contribution in [0.2, 0.25) is 0 Å². The molecule has 2 rings (SSSR count). The number of benzene rings is 2. The van der Waals surface area contributed by atoms with Crippen molar-refractivity contribution in [2.24, 2.45) is 0 Å². The summed E-state index contributed by atoms with van der Waals surface area (Å²) in [6.07, 6.45) is -4.95. The van der Waals surface area contributed by atoms with Crippen molar-refractivity contribution in [2.75, 3.05) is 4.90 Å². The fourth-order valence-electron chi connectivity index (χ4n) is 2.04. The molecule has 0 bridgehead atoms. The van der Waals surface area contributed by atoms with E-state index in [-0.39, 0.29) is 16.0 Å². The molecule has 114 valence electrons. The predicted molar refractivity (Wildman–Crippen MR) is 75.8 cm³/mol. The van der Waals surface area contributed by atoms with Crippen molar-refractivity contribution in [1.29, 1.82) is 0 Å². The molecule has 0 aliphatic carbocycles. The van der Waals surface area contributed by atoms with Gasteiger partial charge in [0.2, 0.25) is 0 Å². The summed E-state index contributed by atoms with van der Waals surface area (Å²) < 4.78 is 40.1. The van der Waals surface area contributed by atoms with E-state index in [9.17, 15) is 22.8 Å². The van der Waals surface area contributed by atoms with Crippen molar-refractivity contribution in [3.8, 4) is 0 Å². The Morgan fingerprint density at radius 2 is 1.45 bits per heavy atom. The maximum Gasteiger partial charge on any atom is 0.491 e. The van der Waals surface area contributed by atoms with Gasteiger partial charge < -0.3 is 0 Å². The van der Waals surface area contributed by atoms with Gasteiger partial charge in [-0.15, -0.1) is 13.2 Å². The lowest BCUT2D eigenvalue weighted by molar-refractivity contribution is -0.122. The Morgan fingerprint density at radius 1 is 0.909 bits per heavy atom. The van der Waals surface area contributed by atoms with Crippen LogP contribution in [0.3, 0.4) is 0 Å². The first-order chi connectivity index (χ1) is 10.3. The molecule has 0 heterocycles. The number of hydrogen-bond acceptors (Lipinski definition) is 2. The van der Waals surface area contributed by atoms with Crippen LogP contribution in [-0.2, 0) is 0 Å². The molecule has 6 heteroatoms. The minimum absolute atomic E-state index is 0.113. The lowest BCUT2D eigenvalue weighted by atomic mass is 10.1. The van der Waals surface area contributed by atoms with Gasteiger partial charge >= 0.3 is 6.30 Å². The molecular weight excluding hydrogens is 295 g/mol. The van der Waals surface area contributed by atoms with Crippen LogP contribution in [0.4, 0.5) is 18.9 Å². The number of nitrogens with zero attached hydrogens (tertiary/aromatic N) is 1. The second-order valence-electron chi connectivity index (χ2n) is 4.55. The topological polar surface area (TPSA) is 37.4 Å². The van der Waals surface area contributed by atoms with Gasteiger partial charge in [-0.1, -0.05) is 30.3 Å². The lowest BCUT2D eigenvalue weighted by Gasteiger charge is -2.26. The second kappa shape index (κ2) is 6.01. The molecule has 22 heavy (non-hydrogen) atoms. The summed E-state index contributed by atoms with van der Waals surface area (Å²) in [7, 11) is 0. The van der Waals surface area contributed by atoms with Crippen LogP contribution in [0, 0.1) is 0 Å². The van der Waals surface area contributed by atoms with Crippen LogP contribution >= 0.6 is 0 Å². The standard InChI is InChI=1S/C16H12F3NO2/c1-11(21)13-9-5-6-10-14(13)20(16(17,18)19)15(22)12-7-3-2-4-8-12/h2-10H,1H3. The average molecular weight is 307 g/mol. The molecule has 0 atom stereocenters. The average Bonchev–Trinajstić information content (AvgIpc) is 2.47. The van der Waals surface area contributed by atoms with Crippen LogP contribution in [0.5, 0.6) is 0 Å². The first-order valence-corrected chi connectivity index (χ1v) is 6.38. The first-order valence-electron chi connectivity index (χ1n) is 6.38. The van der Waals surface area contributed by atoms with Crippen molar-refractivity contribution in [3.63, 3.8) is 0 Å². The molecule has 0 N–H and O–H groups in total. The van der Waals surface area contributed by atoms with Gasteiger partial charge in [-0.3, -0.25) is 9.59 Å². The van der Waals surface area contributed by atoms with Gasteiger partial charge in [0.05, 0.1) is 5.69 Å². The number of anilines is 1. The monoisotopic (exact) mass is 307 g/mol. The molecular formula is C16H12F3NO2. The Bertz CT molecular complexity index is 696. The highest BCUT2D eigenvalue weighted by Gasteiger charge is 2.43. The third-order valence-electron chi connectivity index (χ3n) is 3.00. The lowest BCUT2D eigenvalue weighted by Crippen LogP contribution is -2.43. The van der Waals surface area contributed by atoms with Gasteiger partial charge in [0.25, 0.3) is 5.91 Å². The van der Waals surface area contributed by atoms with Crippen molar-refractivity contribution < 1.29 is 22.8 Å². The van der Waals surface area contributed by atoms with Crippen molar-refractivity contribution in [3.05, 3.63) is 65.7 Å². The molecule has 0 spiro atoms. The number of halogens is 3. The second-order valence-corrected chi connectivity index (χ2v) is 4.55. The summed E-state index contributed by atoms with van der Waals surface area (Å²) in [5.41, 5.74) is -0.751.